The first kappa shape index (κ1) is 14.2. The summed E-state index contributed by atoms with van der Waals surface area (Å²) in [5.74, 6) is 1.35. The van der Waals surface area contributed by atoms with Crippen LogP contribution in [0.2, 0.25) is 5.02 Å². The van der Waals surface area contributed by atoms with Crippen molar-refractivity contribution in [2.45, 2.75) is 18.8 Å². The number of phenolic OH excluding ortho intramolecular Hbond substituents is 1. The number of hydrogen-bond donors (Lipinski definition) is 2. The van der Waals surface area contributed by atoms with Crippen LogP contribution >= 0.6 is 11.6 Å². The molecule has 4 rings (SSSR count). The molecule has 5 heteroatoms. The summed E-state index contributed by atoms with van der Waals surface area (Å²) in [6, 6.07) is 10.7. The van der Waals surface area contributed by atoms with E-state index in [1.807, 2.05) is 24.4 Å². The molecule has 3 N–H and O–H groups in total. The van der Waals surface area contributed by atoms with E-state index in [1.165, 1.54) is 24.5 Å². The molecule has 0 aliphatic heterocycles. The predicted molar refractivity (Wildman–Crippen MR) is 91.3 cm³/mol. The Morgan fingerprint density at radius 2 is 2.00 bits per heavy atom. The van der Waals surface area contributed by atoms with E-state index in [2.05, 4.69) is 11.1 Å². The lowest BCUT2D eigenvalue weighted by atomic mass is 10.1. The van der Waals surface area contributed by atoms with E-state index in [0.717, 1.165) is 10.9 Å². The second-order valence-electron chi connectivity index (χ2n) is 5.81. The van der Waals surface area contributed by atoms with Gasteiger partial charge in [0.2, 0.25) is 0 Å². The zero-order chi connectivity index (χ0) is 16.0. The molecule has 0 unspecified atom stereocenters. The fourth-order valence-corrected chi connectivity index (χ4v) is 3.04. The highest BCUT2D eigenvalue weighted by atomic mass is 35.5. The van der Waals surface area contributed by atoms with Crippen molar-refractivity contribution in [3.05, 3.63) is 53.2 Å². The fourth-order valence-electron chi connectivity index (χ4n) is 2.78. The Bertz CT molecular complexity index is 884. The average Bonchev–Trinajstić information content (AvgIpc) is 3.35. The summed E-state index contributed by atoms with van der Waals surface area (Å²) in [6.07, 6.45) is 4.28. The van der Waals surface area contributed by atoms with Crippen LogP contribution in [0.15, 0.2) is 42.6 Å². The van der Waals surface area contributed by atoms with Gasteiger partial charge in [0.25, 0.3) is 0 Å². The first-order valence-electron chi connectivity index (χ1n) is 7.46. The lowest BCUT2D eigenvalue weighted by Gasteiger charge is -2.12. The minimum atomic E-state index is -0.0799. The van der Waals surface area contributed by atoms with Crippen LogP contribution in [0.1, 0.15) is 24.3 Å². The summed E-state index contributed by atoms with van der Waals surface area (Å²) in [6.45, 7) is 0. The zero-order valence-electron chi connectivity index (χ0n) is 12.3. The second kappa shape index (κ2) is 5.32. The number of nitrogen functional groups attached to an aromatic ring is 1. The van der Waals surface area contributed by atoms with Gasteiger partial charge in [-0.1, -0.05) is 11.6 Å². The number of nitrogens with zero attached hydrogens (tertiary/aromatic N) is 1. The molecular weight excluding hydrogens is 312 g/mol. The SMILES string of the molecule is Nc1cc(O)c(Oc2ccc3nccc(C4CC4)c3c2)c(Cl)c1. The van der Waals surface area contributed by atoms with Crippen LogP contribution < -0.4 is 10.5 Å². The van der Waals surface area contributed by atoms with Gasteiger partial charge < -0.3 is 15.6 Å². The average molecular weight is 327 g/mol. The fraction of sp³-hybridized carbons (Fsp3) is 0.167. The van der Waals surface area contributed by atoms with Gasteiger partial charge in [-0.05, 0) is 54.7 Å². The molecule has 116 valence electrons. The van der Waals surface area contributed by atoms with E-state index in [9.17, 15) is 5.11 Å². The number of aromatic nitrogens is 1. The molecule has 2 aromatic carbocycles. The predicted octanol–water partition coefficient (Wildman–Crippen LogP) is 4.85. The Morgan fingerprint density at radius 3 is 2.74 bits per heavy atom. The van der Waals surface area contributed by atoms with E-state index in [1.54, 1.807) is 6.07 Å². The minimum absolute atomic E-state index is 0.0799. The monoisotopic (exact) mass is 326 g/mol. The number of ether oxygens (including phenoxy) is 1. The van der Waals surface area contributed by atoms with Gasteiger partial charge in [-0.15, -0.1) is 0 Å². The number of benzene rings is 2. The number of aromatic hydroxyl groups is 1. The maximum atomic E-state index is 10.00. The van der Waals surface area contributed by atoms with Crippen LogP contribution in [0.4, 0.5) is 5.69 Å². The number of pyridine rings is 1. The van der Waals surface area contributed by atoms with Gasteiger partial charge >= 0.3 is 0 Å². The highest BCUT2D eigenvalue weighted by molar-refractivity contribution is 6.32. The van der Waals surface area contributed by atoms with Crippen LogP contribution in [0, 0.1) is 0 Å². The third kappa shape index (κ3) is 2.66. The van der Waals surface area contributed by atoms with Crippen molar-refractivity contribution >= 4 is 28.2 Å². The maximum Gasteiger partial charge on any atom is 0.187 e. The Hall–Kier alpha value is -2.46. The number of phenols is 1. The van der Waals surface area contributed by atoms with Gasteiger partial charge in [0, 0.05) is 23.3 Å². The molecule has 1 heterocycles. The zero-order valence-corrected chi connectivity index (χ0v) is 13.0. The van der Waals surface area contributed by atoms with Crippen LogP contribution in [0.3, 0.4) is 0 Å². The number of halogens is 1. The van der Waals surface area contributed by atoms with E-state index >= 15 is 0 Å². The van der Waals surface area contributed by atoms with E-state index in [-0.39, 0.29) is 16.5 Å². The van der Waals surface area contributed by atoms with Crippen molar-refractivity contribution in [1.29, 1.82) is 0 Å². The molecule has 1 aliphatic rings. The molecule has 0 amide bonds. The Balaban J connectivity index is 1.77. The number of hydrogen-bond acceptors (Lipinski definition) is 4. The van der Waals surface area contributed by atoms with E-state index < -0.39 is 0 Å². The summed E-state index contributed by atoms with van der Waals surface area (Å²) in [4.78, 5) is 4.40. The molecule has 1 aromatic heterocycles. The number of rotatable bonds is 3. The topological polar surface area (TPSA) is 68.4 Å². The third-order valence-electron chi connectivity index (χ3n) is 4.03. The molecule has 0 spiro atoms. The van der Waals surface area contributed by atoms with Gasteiger partial charge in [-0.25, -0.2) is 0 Å². The highest BCUT2D eigenvalue weighted by Gasteiger charge is 2.25. The molecule has 23 heavy (non-hydrogen) atoms. The molecule has 1 fully saturated rings. The van der Waals surface area contributed by atoms with E-state index in [4.69, 9.17) is 22.1 Å². The molecule has 1 aliphatic carbocycles. The smallest absolute Gasteiger partial charge is 0.187 e. The van der Waals surface area contributed by atoms with Crippen LogP contribution in [0.25, 0.3) is 10.9 Å². The highest BCUT2D eigenvalue weighted by Crippen LogP contribution is 2.44. The van der Waals surface area contributed by atoms with Crippen molar-refractivity contribution in [3.8, 4) is 17.2 Å². The Morgan fingerprint density at radius 1 is 1.17 bits per heavy atom. The lowest BCUT2D eigenvalue weighted by molar-refractivity contribution is 0.412. The summed E-state index contributed by atoms with van der Waals surface area (Å²) in [5.41, 5.74) is 8.27. The van der Waals surface area contributed by atoms with Gasteiger partial charge in [0.1, 0.15) is 5.75 Å². The van der Waals surface area contributed by atoms with Crippen molar-refractivity contribution < 1.29 is 9.84 Å². The molecule has 0 bridgehead atoms. The quantitative estimate of drug-likeness (QED) is 0.675. The number of fused-ring (bicyclic) bond motifs is 1. The molecule has 0 radical (unpaired) electrons. The molecule has 1 saturated carbocycles. The van der Waals surface area contributed by atoms with Gasteiger partial charge in [0.15, 0.2) is 11.5 Å². The van der Waals surface area contributed by atoms with Crippen molar-refractivity contribution in [2.24, 2.45) is 0 Å². The van der Waals surface area contributed by atoms with Crippen LogP contribution in [0.5, 0.6) is 17.2 Å². The Labute approximate surface area is 138 Å². The lowest BCUT2D eigenvalue weighted by Crippen LogP contribution is -1.91. The van der Waals surface area contributed by atoms with Crippen LogP contribution in [-0.2, 0) is 0 Å². The molecule has 3 aromatic rings. The number of anilines is 1. The minimum Gasteiger partial charge on any atom is -0.504 e. The standard InChI is InChI=1S/C18H15ClN2O2/c19-15-7-11(20)8-17(22)18(15)23-12-3-4-16-14(9-12)13(5-6-21-16)10-1-2-10/h3-10,22H,1-2,20H2. The molecule has 4 nitrogen and oxygen atoms in total. The summed E-state index contributed by atoms with van der Waals surface area (Å²) >= 11 is 6.12. The summed E-state index contributed by atoms with van der Waals surface area (Å²) in [5, 5.41) is 11.4. The normalized spacial score (nSPS) is 14.1. The Kier molecular flexibility index (Phi) is 3.27. The summed E-state index contributed by atoms with van der Waals surface area (Å²) < 4.78 is 5.79. The van der Waals surface area contributed by atoms with Crippen molar-refractivity contribution in [1.82, 2.24) is 4.98 Å². The van der Waals surface area contributed by atoms with Gasteiger partial charge in [-0.2, -0.15) is 0 Å². The maximum absolute atomic E-state index is 10.00. The first-order valence-corrected chi connectivity index (χ1v) is 7.84. The largest absolute Gasteiger partial charge is 0.504 e. The molecule has 0 atom stereocenters. The van der Waals surface area contributed by atoms with E-state index in [0.29, 0.717) is 17.4 Å². The van der Waals surface area contributed by atoms with Crippen molar-refractivity contribution in [2.75, 3.05) is 5.73 Å². The number of nitrogens with two attached hydrogens (primary N) is 1. The first-order chi connectivity index (χ1) is 11.1. The molecular formula is C18H15ClN2O2. The van der Waals surface area contributed by atoms with Crippen LogP contribution in [-0.4, -0.2) is 10.1 Å². The molecule has 0 saturated heterocycles. The van der Waals surface area contributed by atoms with Crippen molar-refractivity contribution in [3.63, 3.8) is 0 Å². The second-order valence-corrected chi connectivity index (χ2v) is 6.21. The van der Waals surface area contributed by atoms with Gasteiger partial charge in [-0.3, -0.25) is 4.98 Å². The third-order valence-corrected chi connectivity index (χ3v) is 4.31. The summed E-state index contributed by atoms with van der Waals surface area (Å²) in [7, 11) is 0. The van der Waals surface area contributed by atoms with Gasteiger partial charge in [0.05, 0.1) is 10.5 Å².